The molecule has 3 aromatic rings. The summed E-state index contributed by atoms with van der Waals surface area (Å²) in [7, 11) is 0. The van der Waals surface area contributed by atoms with Gasteiger partial charge in [-0.3, -0.25) is 4.79 Å². The number of aldehydes is 1. The molecule has 0 saturated heterocycles. The lowest BCUT2D eigenvalue weighted by atomic mass is 10.2. The van der Waals surface area contributed by atoms with E-state index < -0.39 is 0 Å². The second kappa shape index (κ2) is 5.61. The van der Waals surface area contributed by atoms with E-state index in [9.17, 15) is 4.79 Å². The molecule has 0 aliphatic heterocycles. The maximum Gasteiger partial charge on any atom is 0.184 e. The number of aromatic nitrogens is 1. The van der Waals surface area contributed by atoms with Crippen molar-refractivity contribution in [3.63, 3.8) is 0 Å². The zero-order valence-electron chi connectivity index (χ0n) is 10.4. The van der Waals surface area contributed by atoms with Crippen molar-refractivity contribution < 1.29 is 9.53 Å². The van der Waals surface area contributed by atoms with Crippen molar-refractivity contribution in [1.29, 1.82) is 0 Å². The molecule has 20 heavy (non-hydrogen) atoms. The Morgan fingerprint density at radius 3 is 2.80 bits per heavy atom. The third-order valence-corrected chi connectivity index (χ3v) is 3.94. The van der Waals surface area contributed by atoms with E-state index in [1.807, 2.05) is 30.3 Å². The highest BCUT2D eigenvalue weighted by atomic mass is 35.5. The third-order valence-electron chi connectivity index (χ3n) is 2.83. The highest BCUT2D eigenvalue weighted by Gasteiger charge is 2.10. The average molecular weight is 304 g/mol. The lowest BCUT2D eigenvalue weighted by Gasteiger charge is -2.07. The van der Waals surface area contributed by atoms with Gasteiger partial charge in [-0.2, -0.15) is 0 Å². The molecule has 0 atom stereocenters. The smallest absolute Gasteiger partial charge is 0.184 e. The van der Waals surface area contributed by atoms with E-state index >= 15 is 0 Å². The molecule has 0 aliphatic carbocycles. The summed E-state index contributed by atoms with van der Waals surface area (Å²) in [5.74, 6) is 0.580. The Balaban J connectivity index is 1.95. The van der Waals surface area contributed by atoms with Crippen molar-refractivity contribution in [3.8, 4) is 5.75 Å². The van der Waals surface area contributed by atoms with Gasteiger partial charge in [0.15, 0.2) is 4.47 Å². The Morgan fingerprint density at radius 2 is 2.05 bits per heavy atom. The number of halogens is 1. The Labute approximate surface area is 124 Å². The molecule has 0 saturated carbocycles. The van der Waals surface area contributed by atoms with E-state index in [1.54, 1.807) is 12.1 Å². The lowest BCUT2D eigenvalue weighted by Crippen LogP contribution is -1.96. The van der Waals surface area contributed by atoms with Crippen LogP contribution in [0.5, 0.6) is 5.75 Å². The Hall–Kier alpha value is -1.91. The first kappa shape index (κ1) is 13.1. The molecular formula is C15H10ClNO2S. The Morgan fingerprint density at radius 1 is 1.25 bits per heavy atom. The number of hydrogen-bond donors (Lipinski definition) is 0. The van der Waals surface area contributed by atoms with Gasteiger partial charge in [0.25, 0.3) is 0 Å². The van der Waals surface area contributed by atoms with Crippen LogP contribution < -0.4 is 4.74 Å². The predicted molar refractivity (Wildman–Crippen MR) is 80.8 cm³/mol. The molecule has 3 rings (SSSR count). The van der Waals surface area contributed by atoms with Gasteiger partial charge in [0.2, 0.25) is 0 Å². The first-order valence-electron chi connectivity index (χ1n) is 5.98. The van der Waals surface area contributed by atoms with Gasteiger partial charge in [-0.15, -0.1) is 11.3 Å². The number of hydrogen-bond acceptors (Lipinski definition) is 4. The highest BCUT2D eigenvalue weighted by Crippen LogP contribution is 2.33. The topological polar surface area (TPSA) is 39.2 Å². The Bertz CT molecular complexity index is 755. The number of nitrogens with zero attached hydrogens (tertiary/aromatic N) is 1. The molecule has 1 heterocycles. The largest absolute Gasteiger partial charge is 0.487 e. The minimum atomic E-state index is 0.424. The van der Waals surface area contributed by atoms with Crippen molar-refractivity contribution in [3.05, 3.63) is 58.1 Å². The fraction of sp³-hybridized carbons (Fsp3) is 0.0667. The van der Waals surface area contributed by atoms with Gasteiger partial charge < -0.3 is 4.74 Å². The SMILES string of the molecule is O=Cc1cc(OCc2ccccc2)c2nc(Cl)sc2c1. The number of thiazole rings is 1. The molecule has 2 aromatic carbocycles. The van der Waals surface area contributed by atoms with Gasteiger partial charge in [-0.05, 0) is 17.7 Å². The van der Waals surface area contributed by atoms with Crippen molar-refractivity contribution in [2.45, 2.75) is 6.61 Å². The summed E-state index contributed by atoms with van der Waals surface area (Å²) in [6.45, 7) is 0.424. The van der Waals surface area contributed by atoms with Crippen LogP contribution >= 0.6 is 22.9 Å². The van der Waals surface area contributed by atoms with Crippen LogP contribution in [-0.4, -0.2) is 11.3 Å². The molecule has 0 N–H and O–H groups in total. The highest BCUT2D eigenvalue weighted by molar-refractivity contribution is 7.22. The van der Waals surface area contributed by atoms with E-state index in [4.69, 9.17) is 16.3 Å². The number of carbonyl (C=O) groups excluding carboxylic acids is 1. The van der Waals surface area contributed by atoms with Crippen LogP contribution in [-0.2, 0) is 6.61 Å². The van der Waals surface area contributed by atoms with Crippen LogP contribution in [0.15, 0.2) is 42.5 Å². The molecule has 5 heteroatoms. The first-order valence-corrected chi connectivity index (χ1v) is 7.18. The van der Waals surface area contributed by atoms with E-state index in [2.05, 4.69) is 4.98 Å². The summed E-state index contributed by atoms with van der Waals surface area (Å²) in [5.41, 5.74) is 2.31. The van der Waals surface area contributed by atoms with Gasteiger partial charge in [-0.1, -0.05) is 41.9 Å². The zero-order valence-corrected chi connectivity index (χ0v) is 11.9. The van der Waals surface area contributed by atoms with Crippen LogP contribution in [0.2, 0.25) is 4.47 Å². The summed E-state index contributed by atoms with van der Waals surface area (Å²) in [6, 6.07) is 13.3. The van der Waals surface area contributed by atoms with E-state index in [1.165, 1.54) is 11.3 Å². The van der Waals surface area contributed by atoms with Crippen LogP contribution in [0.1, 0.15) is 15.9 Å². The number of carbonyl (C=O) groups is 1. The van der Waals surface area contributed by atoms with Gasteiger partial charge in [0, 0.05) is 5.56 Å². The van der Waals surface area contributed by atoms with Crippen molar-refractivity contribution in [1.82, 2.24) is 4.98 Å². The van der Waals surface area contributed by atoms with Gasteiger partial charge in [-0.25, -0.2) is 4.98 Å². The van der Waals surface area contributed by atoms with Crippen molar-refractivity contribution in [2.24, 2.45) is 0 Å². The third kappa shape index (κ3) is 2.66. The summed E-state index contributed by atoms with van der Waals surface area (Å²) in [6.07, 6.45) is 0.794. The molecular weight excluding hydrogens is 294 g/mol. The fourth-order valence-electron chi connectivity index (χ4n) is 1.91. The van der Waals surface area contributed by atoms with Crippen LogP contribution in [0.3, 0.4) is 0 Å². The molecule has 100 valence electrons. The molecule has 1 aromatic heterocycles. The normalized spacial score (nSPS) is 10.7. The molecule has 0 spiro atoms. The molecule has 0 unspecified atom stereocenters. The van der Waals surface area contributed by atoms with Crippen molar-refractivity contribution >= 4 is 39.4 Å². The summed E-state index contributed by atoms with van der Waals surface area (Å²) < 4.78 is 7.08. The van der Waals surface area contributed by atoms with E-state index in [0.29, 0.717) is 27.9 Å². The molecule has 0 amide bonds. The summed E-state index contributed by atoms with van der Waals surface area (Å²) in [5, 5.41) is 0. The maximum absolute atomic E-state index is 11.0. The van der Waals surface area contributed by atoms with Crippen LogP contribution in [0, 0.1) is 0 Å². The quantitative estimate of drug-likeness (QED) is 0.673. The standard InChI is InChI=1S/C15H10ClNO2S/c16-15-17-14-12(6-11(8-18)7-13(14)20-15)19-9-10-4-2-1-3-5-10/h1-8H,9H2. The second-order valence-electron chi connectivity index (χ2n) is 4.22. The Kier molecular flexibility index (Phi) is 3.67. The number of ether oxygens (including phenoxy) is 1. The minimum absolute atomic E-state index is 0.424. The number of fused-ring (bicyclic) bond motifs is 1. The van der Waals surface area contributed by atoms with E-state index in [-0.39, 0.29) is 0 Å². The van der Waals surface area contributed by atoms with Crippen LogP contribution in [0.25, 0.3) is 10.2 Å². The maximum atomic E-state index is 11.0. The van der Waals surface area contributed by atoms with Crippen LogP contribution in [0.4, 0.5) is 0 Å². The minimum Gasteiger partial charge on any atom is -0.487 e. The number of rotatable bonds is 4. The second-order valence-corrected chi connectivity index (χ2v) is 5.84. The lowest BCUT2D eigenvalue weighted by molar-refractivity contribution is 0.112. The van der Waals surface area contributed by atoms with Gasteiger partial charge in [0.1, 0.15) is 24.2 Å². The summed E-state index contributed by atoms with van der Waals surface area (Å²) in [4.78, 5) is 15.2. The fourth-order valence-corrected chi connectivity index (χ4v) is 3.00. The molecule has 0 bridgehead atoms. The monoisotopic (exact) mass is 303 g/mol. The van der Waals surface area contributed by atoms with Gasteiger partial charge in [0.05, 0.1) is 4.70 Å². The molecule has 0 radical (unpaired) electrons. The van der Waals surface area contributed by atoms with Crippen molar-refractivity contribution in [2.75, 3.05) is 0 Å². The summed E-state index contributed by atoms with van der Waals surface area (Å²) >= 11 is 7.26. The zero-order chi connectivity index (χ0) is 13.9. The molecule has 0 aliphatic rings. The first-order chi connectivity index (χ1) is 9.76. The molecule has 3 nitrogen and oxygen atoms in total. The average Bonchev–Trinajstić information content (AvgIpc) is 2.86. The number of benzene rings is 2. The van der Waals surface area contributed by atoms with Gasteiger partial charge >= 0.3 is 0 Å². The van der Waals surface area contributed by atoms with E-state index in [0.717, 1.165) is 16.5 Å². The predicted octanol–water partition coefficient (Wildman–Crippen LogP) is 4.34. The molecule has 0 fully saturated rings.